The van der Waals surface area contributed by atoms with Crippen LogP contribution in [0.4, 0.5) is 13.2 Å². The van der Waals surface area contributed by atoms with Crippen LogP contribution < -0.4 is 5.56 Å². The Morgan fingerprint density at radius 1 is 1.05 bits per heavy atom. The van der Waals surface area contributed by atoms with Gasteiger partial charge < -0.3 is 4.57 Å². The van der Waals surface area contributed by atoms with E-state index in [1.54, 1.807) is 12.3 Å². The van der Waals surface area contributed by atoms with Crippen molar-refractivity contribution in [2.45, 2.75) is 12.7 Å². The van der Waals surface area contributed by atoms with E-state index in [-0.39, 0.29) is 12.1 Å². The molecule has 2 rings (SSSR count). The topological polar surface area (TPSA) is 22.0 Å². The van der Waals surface area contributed by atoms with Gasteiger partial charge in [0, 0.05) is 15.8 Å². The van der Waals surface area contributed by atoms with E-state index in [9.17, 15) is 18.0 Å². The second-order valence-electron chi connectivity index (χ2n) is 4.01. The molecule has 0 N–H and O–H groups in total. The number of pyridine rings is 1. The molecule has 0 fully saturated rings. The lowest BCUT2D eigenvalue weighted by Crippen LogP contribution is -2.19. The fourth-order valence-corrected chi connectivity index (χ4v) is 2.14. The molecule has 0 radical (unpaired) electrons. The maximum Gasteiger partial charge on any atom is 0.416 e. The van der Waals surface area contributed by atoms with Crippen LogP contribution in [0.1, 0.15) is 11.1 Å². The van der Waals surface area contributed by atoms with Gasteiger partial charge in [0.2, 0.25) is 0 Å². The van der Waals surface area contributed by atoms with Gasteiger partial charge in [-0.25, -0.2) is 0 Å². The molecule has 0 unspecified atom stereocenters. The molecule has 19 heavy (non-hydrogen) atoms. The molecular formula is C13H9F3INO. The summed E-state index contributed by atoms with van der Waals surface area (Å²) < 4.78 is 39.6. The van der Waals surface area contributed by atoms with Crippen molar-refractivity contribution in [3.63, 3.8) is 0 Å². The Kier molecular flexibility index (Phi) is 3.98. The number of benzene rings is 1. The third-order valence-corrected chi connectivity index (χ3v) is 3.22. The fourth-order valence-electron chi connectivity index (χ4n) is 1.62. The molecule has 1 aromatic heterocycles. The number of aromatic nitrogens is 1. The summed E-state index contributed by atoms with van der Waals surface area (Å²) in [6, 6.07) is 7.94. The predicted octanol–water partition coefficient (Wildman–Crippen LogP) is 3.52. The molecule has 0 saturated carbocycles. The summed E-state index contributed by atoms with van der Waals surface area (Å²) in [6.07, 6.45) is -2.67. The largest absolute Gasteiger partial charge is 0.416 e. The molecule has 0 aliphatic heterocycles. The molecule has 100 valence electrons. The van der Waals surface area contributed by atoms with E-state index in [0.29, 0.717) is 5.56 Å². The molecule has 0 aliphatic carbocycles. The highest BCUT2D eigenvalue weighted by molar-refractivity contribution is 14.1. The Morgan fingerprint density at radius 3 is 2.26 bits per heavy atom. The molecule has 0 spiro atoms. The first kappa shape index (κ1) is 14.1. The second kappa shape index (κ2) is 5.36. The molecule has 6 heteroatoms. The van der Waals surface area contributed by atoms with Crippen molar-refractivity contribution in [1.29, 1.82) is 0 Å². The summed E-state index contributed by atoms with van der Waals surface area (Å²) in [5.41, 5.74) is -0.219. The highest BCUT2D eigenvalue weighted by Crippen LogP contribution is 2.29. The van der Waals surface area contributed by atoms with Gasteiger partial charge in [0.05, 0.1) is 12.1 Å². The molecule has 1 heterocycles. The van der Waals surface area contributed by atoms with Crippen LogP contribution in [-0.4, -0.2) is 4.57 Å². The highest BCUT2D eigenvalue weighted by atomic mass is 127. The lowest BCUT2D eigenvalue weighted by Gasteiger charge is -2.09. The summed E-state index contributed by atoms with van der Waals surface area (Å²) in [5, 5.41) is 0. The zero-order valence-electron chi connectivity index (χ0n) is 9.62. The minimum Gasteiger partial charge on any atom is -0.310 e. The standard InChI is InChI=1S/C13H9F3INO/c14-13(15,16)10-3-1-9(2-4-10)7-18-8-11(17)5-6-12(18)19/h1-6,8H,7H2. The van der Waals surface area contributed by atoms with Crippen LogP contribution in [0.2, 0.25) is 0 Å². The average Bonchev–Trinajstić information content (AvgIpc) is 2.33. The zero-order chi connectivity index (χ0) is 14.0. The molecule has 2 aromatic rings. The van der Waals surface area contributed by atoms with E-state index in [0.717, 1.165) is 15.7 Å². The average molecular weight is 379 g/mol. The Balaban J connectivity index is 2.25. The normalized spacial score (nSPS) is 11.6. The lowest BCUT2D eigenvalue weighted by atomic mass is 10.1. The fraction of sp³-hybridized carbons (Fsp3) is 0.154. The van der Waals surface area contributed by atoms with Gasteiger partial charge in [0.25, 0.3) is 5.56 Å². The first-order chi connectivity index (χ1) is 8.86. The van der Waals surface area contributed by atoms with Crippen LogP contribution in [0.15, 0.2) is 47.4 Å². The maximum absolute atomic E-state index is 12.4. The maximum atomic E-state index is 12.4. The first-order valence-electron chi connectivity index (χ1n) is 5.38. The highest BCUT2D eigenvalue weighted by Gasteiger charge is 2.29. The number of rotatable bonds is 2. The Labute approximate surface area is 121 Å². The summed E-state index contributed by atoms with van der Waals surface area (Å²) >= 11 is 2.07. The Morgan fingerprint density at radius 2 is 1.68 bits per heavy atom. The van der Waals surface area contributed by atoms with Gasteiger partial charge in [-0.2, -0.15) is 13.2 Å². The molecule has 2 nitrogen and oxygen atoms in total. The summed E-state index contributed by atoms with van der Waals surface area (Å²) in [6.45, 7) is 0.258. The zero-order valence-corrected chi connectivity index (χ0v) is 11.8. The molecular weight excluding hydrogens is 370 g/mol. The van der Waals surface area contributed by atoms with Gasteiger partial charge in [-0.3, -0.25) is 4.79 Å². The van der Waals surface area contributed by atoms with Gasteiger partial charge in [0.15, 0.2) is 0 Å². The van der Waals surface area contributed by atoms with Crippen molar-refractivity contribution in [2.24, 2.45) is 0 Å². The first-order valence-corrected chi connectivity index (χ1v) is 6.46. The Bertz CT molecular complexity index is 632. The van der Waals surface area contributed by atoms with Gasteiger partial charge in [-0.1, -0.05) is 12.1 Å². The molecule has 1 aromatic carbocycles. The number of alkyl halides is 3. The number of hydrogen-bond donors (Lipinski definition) is 0. The summed E-state index contributed by atoms with van der Waals surface area (Å²) in [5.74, 6) is 0. The van der Waals surface area contributed by atoms with E-state index >= 15 is 0 Å². The van der Waals surface area contributed by atoms with E-state index in [1.165, 1.54) is 22.8 Å². The SMILES string of the molecule is O=c1ccc(I)cn1Cc1ccc(C(F)(F)F)cc1. The van der Waals surface area contributed by atoms with E-state index in [1.807, 2.05) is 0 Å². The summed E-state index contributed by atoms with van der Waals surface area (Å²) in [4.78, 5) is 11.6. The third kappa shape index (κ3) is 3.59. The minimum atomic E-state index is -4.34. The molecule has 0 bridgehead atoms. The Hall–Kier alpha value is -1.31. The van der Waals surface area contributed by atoms with Crippen LogP contribution in [0.5, 0.6) is 0 Å². The lowest BCUT2D eigenvalue weighted by molar-refractivity contribution is -0.137. The van der Waals surface area contributed by atoms with Crippen molar-refractivity contribution in [2.75, 3.05) is 0 Å². The predicted molar refractivity (Wildman–Crippen MR) is 74.0 cm³/mol. The van der Waals surface area contributed by atoms with Crippen LogP contribution in [0.3, 0.4) is 0 Å². The van der Waals surface area contributed by atoms with E-state index in [2.05, 4.69) is 22.6 Å². The van der Waals surface area contributed by atoms with Crippen LogP contribution >= 0.6 is 22.6 Å². The second-order valence-corrected chi connectivity index (χ2v) is 5.25. The van der Waals surface area contributed by atoms with Crippen LogP contribution in [0, 0.1) is 3.57 Å². The van der Waals surface area contributed by atoms with Crippen LogP contribution in [0.25, 0.3) is 0 Å². The monoisotopic (exact) mass is 379 g/mol. The molecule has 0 saturated heterocycles. The van der Waals surface area contributed by atoms with Crippen molar-refractivity contribution in [3.8, 4) is 0 Å². The summed E-state index contributed by atoms with van der Waals surface area (Å²) in [7, 11) is 0. The van der Waals surface area contributed by atoms with Crippen LogP contribution in [-0.2, 0) is 12.7 Å². The minimum absolute atomic E-state index is 0.180. The molecule has 0 amide bonds. The van der Waals surface area contributed by atoms with Crippen molar-refractivity contribution < 1.29 is 13.2 Å². The molecule has 0 atom stereocenters. The van der Waals surface area contributed by atoms with Gasteiger partial charge >= 0.3 is 6.18 Å². The van der Waals surface area contributed by atoms with Crippen molar-refractivity contribution in [1.82, 2.24) is 4.57 Å². The van der Waals surface area contributed by atoms with Crippen molar-refractivity contribution in [3.05, 3.63) is 67.6 Å². The van der Waals surface area contributed by atoms with Gasteiger partial charge in [-0.15, -0.1) is 0 Å². The smallest absolute Gasteiger partial charge is 0.310 e. The van der Waals surface area contributed by atoms with Gasteiger partial charge in [-0.05, 0) is 46.4 Å². The quantitative estimate of drug-likeness (QED) is 0.732. The van der Waals surface area contributed by atoms with E-state index < -0.39 is 11.7 Å². The van der Waals surface area contributed by atoms with E-state index in [4.69, 9.17) is 0 Å². The van der Waals surface area contributed by atoms with Crippen molar-refractivity contribution >= 4 is 22.6 Å². The molecule has 0 aliphatic rings. The number of halogens is 4. The third-order valence-electron chi connectivity index (χ3n) is 2.58. The number of hydrogen-bond acceptors (Lipinski definition) is 1. The number of nitrogens with zero attached hydrogens (tertiary/aromatic N) is 1. The van der Waals surface area contributed by atoms with Gasteiger partial charge in [0.1, 0.15) is 0 Å².